The smallest absolute Gasteiger partial charge is 0.309 e. The Bertz CT molecular complexity index is 1490. The Balaban J connectivity index is 1.27. The lowest BCUT2D eigenvalue weighted by Crippen LogP contribution is -2.57. The highest BCUT2D eigenvalue weighted by Gasteiger charge is 2.65. The summed E-state index contributed by atoms with van der Waals surface area (Å²) < 4.78 is 6.17. The maximum Gasteiger partial charge on any atom is 0.309 e. The van der Waals surface area contributed by atoms with E-state index in [1.165, 1.54) is 30.4 Å². The van der Waals surface area contributed by atoms with E-state index in [0.717, 1.165) is 82.5 Å². The van der Waals surface area contributed by atoms with Gasteiger partial charge in [-0.2, -0.15) is 0 Å². The first-order valence-corrected chi connectivity index (χ1v) is 21.3. The molecule has 298 valence electrons. The highest BCUT2D eigenvalue weighted by molar-refractivity contribution is 6.00. The van der Waals surface area contributed by atoms with Crippen LogP contribution < -0.4 is 5.32 Å². The number of nitrogens with one attached hydrogen (secondary N) is 1. The Kier molecular flexibility index (Phi) is 11.3. The molecule has 0 amide bonds. The number of ketones is 1. The Labute approximate surface area is 320 Å². The number of aliphatic hydroxyl groups excluding tert-OH is 1. The lowest BCUT2D eigenvalue weighted by Gasteiger charge is -2.63. The molecule has 0 radical (unpaired) electrons. The highest BCUT2D eigenvalue weighted by atomic mass is 16.5. The molecule has 6 rings (SSSR count). The maximum absolute atomic E-state index is 14.1. The largest absolute Gasteiger partial charge is 0.481 e. The summed E-state index contributed by atoms with van der Waals surface area (Å²) in [4.78, 5) is 41.5. The topological polar surface area (TPSA) is 116 Å². The molecule has 4 saturated carbocycles. The third-order valence-electron chi connectivity index (χ3n) is 16.1. The van der Waals surface area contributed by atoms with Gasteiger partial charge in [0, 0.05) is 43.4 Å². The number of nitrogens with zero attached hydrogens (tertiary/aromatic N) is 1. The minimum atomic E-state index is -1.17. The van der Waals surface area contributed by atoms with Crippen LogP contribution in [0.5, 0.6) is 0 Å². The zero-order valence-corrected chi connectivity index (χ0v) is 34.6. The average Bonchev–Trinajstić information content (AvgIpc) is 3.31. The van der Waals surface area contributed by atoms with E-state index in [1.807, 2.05) is 7.05 Å². The molecule has 0 aromatic carbocycles. The predicted octanol–water partition coefficient (Wildman–Crippen LogP) is 7.98. The molecule has 0 bridgehead atoms. The number of esters is 1. The molecular weight excluding hydrogens is 665 g/mol. The van der Waals surface area contributed by atoms with Gasteiger partial charge in [0.1, 0.15) is 6.10 Å². The number of ether oxygens (including phenoxy) is 1. The van der Waals surface area contributed by atoms with Gasteiger partial charge in [-0.3, -0.25) is 19.3 Å². The molecule has 6 aliphatic rings. The second kappa shape index (κ2) is 14.8. The highest BCUT2D eigenvalue weighted by Crippen LogP contribution is 2.71. The number of aliphatic hydroxyl groups is 1. The first-order chi connectivity index (χ1) is 24.8. The fourth-order valence-electron chi connectivity index (χ4n) is 13.1. The summed E-state index contributed by atoms with van der Waals surface area (Å²) in [6.45, 7) is 20.5. The molecule has 0 aromatic rings. The molecule has 0 heterocycles. The van der Waals surface area contributed by atoms with E-state index >= 15 is 0 Å². The molecule has 0 spiro atoms. The zero-order chi connectivity index (χ0) is 38.7. The van der Waals surface area contributed by atoms with E-state index in [4.69, 9.17) is 4.74 Å². The number of hydrogen-bond donors (Lipinski definition) is 3. The fraction of sp³-hybridized carbons (Fsp3) is 0.844. The first kappa shape index (κ1) is 40.6. The van der Waals surface area contributed by atoms with Crippen molar-refractivity contribution in [2.75, 3.05) is 33.2 Å². The van der Waals surface area contributed by atoms with Crippen LogP contribution in [0.15, 0.2) is 22.8 Å². The number of carboxylic acids is 1. The first-order valence-electron chi connectivity index (χ1n) is 21.3. The lowest BCUT2D eigenvalue weighted by atomic mass is 9.42. The Morgan fingerprint density at radius 1 is 1.04 bits per heavy atom. The number of Topliss-reactive ketones (excluding diaryl/α,β-unsaturated/α-hetero) is 1. The SMILES string of the molecule is CNCCN(CC1CCC1)C[C@H](O)C12CCC3C(CCC4C5(C)CCC(OC(=O)CC(C)(C)C(=O)O)C(C)(C)C5=CCCC34C)C1=C(C(C)C)C(=O)C2. The van der Waals surface area contributed by atoms with E-state index in [-0.39, 0.29) is 40.5 Å². The van der Waals surface area contributed by atoms with Gasteiger partial charge in [0.15, 0.2) is 5.78 Å². The van der Waals surface area contributed by atoms with E-state index in [0.29, 0.717) is 30.7 Å². The van der Waals surface area contributed by atoms with Crippen LogP contribution in [0.3, 0.4) is 0 Å². The monoisotopic (exact) mass is 737 g/mol. The van der Waals surface area contributed by atoms with E-state index in [2.05, 4.69) is 57.8 Å². The number of hydrogen-bond acceptors (Lipinski definition) is 7. The number of allylic oxidation sites excluding steroid dienone is 2. The minimum absolute atomic E-state index is 0.0485. The van der Waals surface area contributed by atoms with Crippen molar-refractivity contribution in [1.29, 1.82) is 0 Å². The molecule has 0 saturated heterocycles. The molecule has 0 aliphatic heterocycles. The number of aliphatic carboxylic acids is 1. The molecule has 4 fully saturated rings. The van der Waals surface area contributed by atoms with Gasteiger partial charge in [0.2, 0.25) is 0 Å². The summed E-state index contributed by atoms with van der Waals surface area (Å²) in [5, 5.41) is 25.4. The van der Waals surface area contributed by atoms with Gasteiger partial charge in [-0.15, -0.1) is 0 Å². The third-order valence-corrected chi connectivity index (χ3v) is 16.1. The van der Waals surface area contributed by atoms with Crippen molar-refractivity contribution in [2.24, 2.45) is 56.7 Å². The number of carbonyl (C=O) groups is 3. The second-order valence-corrected chi connectivity index (χ2v) is 20.5. The summed E-state index contributed by atoms with van der Waals surface area (Å²) in [5.74, 6) is 0.952. The standard InChI is InChI=1S/C45H72N2O6/c1-28(2)38-32(48)24-45(35(49)27-47(23-22-46-9)26-29-12-10-13-29)21-17-31-30(39(38)45)15-16-34-43(31,7)19-11-14-33-42(5,6)36(18-20-44(33,34)8)53-37(50)25-41(3,4)40(51)52/h14,28-31,34-36,46,49H,10-13,15-27H2,1-9H3,(H,51,52)/t30?,31?,34?,35-,36?,43?,44?,45?/m0/s1. The van der Waals surface area contributed by atoms with Crippen LogP contribution in [0.1, 0.15) is 139 Å². The summed E-state index contributed by atoms with van der Waals surface area (Å²) >= 11 is 0. The number of likely N-dealkylation sites (N-methyl/N-ethyl adjacent to an activating group) is 1. The van der Waals surface area contributed by atoms with Crippen LogP contribution in [0.4, 0.5) is 0 Å². The minimum Gasteiger partial charge on any atom is -0.481 e. The number of fused-ring (bicyclic) bond motifs is 7. The predicted molar refractivity (Wildman–Crippen MR) is 209 cm³/mol. The van der Waals surface area contributed by atoms with E-state index in [9.17, 15) is 24.6 Å². The van der Waals surface area contributed by atoms with Crippen LogP contribution in [-0.2, 0) is 19.1 Å². The summed E-state index contributed by atoms with van der Waals surface area (Å²) in [7, 11) is 2.00. The Morgan fingerprint density at radius 2 is 1.75 bits per heavy atom. The molecule has 8 nitrogen and oxygen atoms in total. The molecule has 0 aromatic heterocycles. The second-order valence-electron chi connectivity index (χ2n) is 20.5. The Hall–Kier alpha value is -2.03. The van der Waals surface area contributed by atoms with Crippen LogP contribution >= 0.6 is 0 Å². The number of carbonyl (C=O) groups excluding carboxylic acids is 2. The van der Waals surface area contributed by atoms with Crippen molar-refractivity contribution in [2.45, 2.75) is 151 Å². The molecule has 6 aliphatic carbocycles. The van der Waals surface area contributed by atoms with Crippen molar-refractivity contribution in [3.05, 3.63) is 22.8 Å². The molecule has 8 heteroatoms. The molecule has 53 heavy (non-hydrogen) atoms. The Morgan fingerprint density at radius 3 is 2.38 bits per heavy atom. The summed E-state index contributed by atoms with van der Waals surface area (Å²) in [5.41, 5.74) is 1.82. The van der Waals surface area contributed by atoms with Crippen molar-refractivity contribution in [3.63, 3.8) is 0 Å². The van der Waals surface area contributed by atoms with Gasteiger partial charge in [-0.05, 0) is 131 Å². The fourth-order valence-corrected chi connectivity index (χ4v) is 13.1. The van der Waals surface area contributed by atoms with Gasteiger partial charge < -0.3 is 20.3 Å². The maximum atomic E-state index is 14.1. The van der Waals surface area contributed by atoms with Gasteiger partial charge >= 0.3 is 11.9 Å². The van der Waals surface area contributed by atoms with Gasteiger partial charge in [-0.1, -0.05) is 65.2 Å². The zero-order valence-electron chi connectivity index (χ0n) is 34.6. The number of carboxylic acid groups (broad SMARTS) is 1. The lowest BCUT2D eigenvalue weighted by molar-refractivity contribution is -0.167. The molecule has 7 unspecified atom stereocenters. The summed E-state index contributed by atoms with van der Waals surface area (Å²) in [6, 6.07) is 0. The number of rotatable bonds is 13. The van der Waals surface area contributed by atoms with Crippen LogP contribution in [0, 0.1) is 56.7 Å². The van der Waals surface area contributed by atoms with Crippen molar-refractivity contribution >= 4 is 17.7 Å². The van der Waals surface area contributed by atoms with Crippen LogP contribution in [-0.4, -0.2) is 78.3 Å². The average molecular weight is 737 g/mol. The molecule has 3 N–H and O–H groups in total. The van der Waals surface area contributed by atoms with Crippen molar-refractivity contribution in [1.82, 2.24) is 10.2 Å². The van der Waals surface area contributed by atoms with Gasteiger partial charge in [-0.25, -0.2) is 0 Å². The normalized spacial score (nSPS) is 36.2. The summed E-state index contributed by atoms with van der Waals surface area (Å²) in [6.07, 6.45) is 13.7. The van der Waals surface area contributed by atoms with Crippen molar-refractivity contribution < 1.29 is 29.3 Å². The van der Waals surface area contributed by atoms with Gasteiger partial charge in [0.25, 0.3) is 0 Å². The van der Waals surface area contributed by atoms with Crippen molar-refractivity contribution in [3.8, 4) is 0 Å². The van der Waals surface area contributed by atoms with E-state index in [1.54, 1.807) is 13.8 Å². The third kappa shape index (κ3) is 7.02. The molecule has 8 atom stereocenters. The van der Waals surface area contributed by atoms with Gasteiger partial charge in [0.05, 0.1) is 17.9 Å². The quantitative estimate of drug-likeness (QED) is 0.129. The molecular formula is C45H72N2O6. The van der Waals surface area contributed by atoms with E-state index < -0.39 is 28.9 Å². The van der Waals surface area contributed by atoms with Crippen LogP contribution in [0.25, 0.3) is 0 Å². The van der Waals surface area contributed by atoms with Crippen LogP contribution in [0.2, 0.25) is 0 Å².